The summed E-state index contributed by atoms with van der Waals surface area (Å²) >= 11 is 0. The Morgan fingerprint density at radius 3 is 2.74 bits per heavy atom. The highest BCUT2D eigenvalue weighted by molar-refractivity contribution is 5.79. The van der Waals surface area contributed by atoms with Gasteiger partial charge < -0.3 is 20.1 Å². The van der Waals surface area contributed by atoms with Gasteiger partial charge in [0.2, 0.25) is 0 Å². The van der Waals surface area contributed by atoms with Gasteiger partial charge in [-0.05, 0) is 43.7 Å². The minimum Gasteiger partial charge on any atom is -0.356 e. The number of nitrogens with zero attached hydrogens (tertiary/aromatic N) is 5. The van der Waals surface area contributed by atoms with E-state index in [-0.39, 0.29) is 0 Å². The topological polar surface area (TPSA) is 91.5 Å². The van der Waals surface area contributed by atoms with Crippen LogP contribution in [0.1, 0.15) is 50.8 Å². The lowest BCUT2D eigenvalue weighted by atomic mass is 9.88. The number of pyridine rings is 1. The Bertz CT molecular complexity index is 808. The van der Waals surface area contributed by atoms with Crippen LogP contribution in [0.3, 0.4) is 0 Å². The monoisotopic (exact) mass is 425 g/mol. The number of aromatic nitrogens is 3. The average Bonchev–Trinajstić information content (AvgIpc) is 3.30. The lowest BCUT2D eigenvalue weighted by Crippen LogP contribution is -2.49. The molecule has 0 unspecified atom stereocenters. The number of likely N-dealkylation sites (tertiary alicyclic amines) is 1. The smallest absolute Gasteiger partial charge is 0.276 e. The summed E-state index contributed by atoms with van der Waals surface area (Å²) in [6.07, 6.45) is 11.9. The van der Waals surface area contributed by atoms with E-state index in [1.807, 2.05) is 25.2 Å². The summed E-state index contributed by atoms with van der Waals surface area (Å²) in [5, 5.41) is 11.0. The molecule has 0 atom stereocenters. The van der Waals surface area contributed by atoms with E-state index in [4.69, 9.17) is 4.52 Å². The third-order valence-electron chi connectivity index (χ3n) is 6.39. The highest BCUT2D eigenvalue weighted by atomic mass is 16.5. The van der Waals surface area contributed by atoms with Gasteiger partial charge in [-0.15, -0.1) is 0 Å². The minimum atomic E-state index is 0.457. The maximum atomic E-state index is 5.32. The molecule has 4 rings (SSSR count). The van der Waals surface area contributed by atoms with Gasteiger partial charge in [0.1, 0.15) is 5.69 Å². The predicted octanol–water partition coefficient (Wildman–Crippen LogP) is 2.88. The highest BCUT2D eigenvalue weighted by Gasteiger charge is 2.23. The molecule has 0 aromatic carbocycles. The zero-order valence-corrected chi connectivity index (χ0v) is 18.6. The Balaban J connectivity index is 1.15. The van der Waals surface area contributed by atoms with E-state index < -0.39 is 0 Å². The van der Waals surface area contributed by atoms with Crippen LogP contribution in [-0.4, -0.2) is 65.3 Å². The van der Waals surface area contributed by atoms with Crippen LogP contribution in [0.5, 0.6) is 0 Å². The number of nitrogens with one attached hydrogen (secondary N) is 2. The minimum absolute atomic E-state index is 0.457. The molecule has 0 amide bonds. The molecule has 1 aliphatic carbocycles. The molecule has 2 aliphatic rings. The Morgan fingerprint density at radius 2 is 2.00 bits per heavy atom. The van der Waals surface area contributed by atoms with E-state index in [0.29, 0.717) is 36.4 Å². The van der Waals surface area contributed by atoms with E-state index >= 15 is 0 Å². The van der Waals surface area contributed by atoms with Crippen LogP contribution >= 0.6 is 0 Å². The number of hydrogen-bond acceptors (Lipinski definition) is 6. The molecular formula is C23H35N7O. The summed E-state index contributed by atoms with van der Waals surface area (Å²) in [6, 6.07) is 6.12. The number of aliphatic imine (C=N–C) groups is 1. The fourth-order valence-electron chi connectivity index (χ4n) is 4.62. The van der Waals surface area contributed by atoms with E-state index in [1.165, 1.54) is 64.6 Å². The molecule has 1 saturated carbocycles. The molecule has 0 bridgehead atoms. The Morgan fingerprint density at radius 1 is 1.16 bits per heavy atom. The van der Waals surface area contributed by atoms with Crippen LogP contribution in [-0.2, 0) is 6.42 Å². The average molecular weight is 426 g/mol. The molecule has 3 heterocycles. The Labute approximate surface area is 184 Å². The molecule has 1 saturated heterocycles. The largest absolute Gasteiger partial charge is 0.356 e. The first-order valence-corrected chi connectivity index (χ1v) is 11.7. The van der Waals surface area contributed by atoms with Crippen LogP contribution in [0.2, 0.25) is 0 Å². The maximum absolute atomic E-state index is 5.32. The summed E-state index contributed by atoms with van der Waals surface area (Å²) in [7, 11) is 1.82. The van der Waals surface area contributed by atoms with Gasteiger partial charge in [0.25, 0.3) is 5.89 Å². The summed E-state index contributed by atoms with van der Waals surface area (Å²) in [6.45, 7) is 4.36. The van der Waals surface area contributed by atoms with Crippen LogP contribution in [0, 0.1) is 5.92 Å². The first-order valence-electron chi connectivity index (χ1n) is 11.7. The number of hydrogen-bond donors (Lipinski definition) is 2. The highest BCUT2D eigenvalue weighted by Crippen LogP contribution is 2.25. The zero-order valence-electron chi connectivity index (χ0n) is 18.6. The zero-order chi connectivity index (χ0) is 21.3. The molecule has 0 radical (unpaired) electrons. The fraction of sp³-hybridized carbons (Fsp3) is 0.652. The molecule has 2 aromatic rings. The molecule has 2 fully saturated rings. The first-order chi connectivity index (χ1) is 15.3. The SMILES string of the molecule is CN=C(NCCc1noc(-c2ccccn2)n1)NC1CCN(CC2CCCCC2)CC1. The predicted molar refractivity (Wildman–Crippen MR) is 122 cm³/mol. The first kappa shape index (κ1) is 21.7. The van der Waals surface area contributed by atoms with Crippen LogP contribution in [0.4, 0.5) is 0 Å². The molecule has 8 nitrogen and oxygen atoms in total. The van der Waals surface area contributed by atoms with Gasteiger partial charge >= 0.3 is 0 Å². The Hall–Kier alpha value is -2.48. The van der Waals surface area contributed by atoms with Gasteiger partial charge in [-0.2, -0.15) is 4.98 Å². The third-order valence-corrected chi connectivity index (χ3v) is 6.39. The van der Waals surface area contributed by atoms with Crippen LogP contribution in [0.25, 0.3) is 11.6 Å². The van der Waals surface area contributed by atoms with Gasteiger partial charge in [-0.1, -0.05) is 30.5 Å². The lowest BCUT2D eigenvalue weighted by Gasteiger charge is -2.36. The van der Waals surface area contributed by atoms with E-state index in [1.54, 1.807) is 6.20 Å². The van der Waals surface area contributed by atoms with Gasteiger partial charge in [0.15, 0.2) is 11.8 Å². The molecular weight excluding hydrogens is 390 g/mol. The summed E-state index contributed by atoms with van der Waals surface area (Å²) < 4.78 is 5.32. The maximum Gasteiger partial charge on any atom is 0.276 e. The molecule has 8 heteroatoms. The van der Waals surface area contributed by atoms with Gasteiger partial charge in [-0.3, -0.25) is 9.98 Å². The van der Waals surface area contributed by atoms with Gasteiger partial charge in [0, 0.05) is 51.9 Å². The second kappa shape index (κ2) is 11.2. The molecule has 2 N–H and O–H groups in total. The van der Waals surface area contributed by atoms with Crippen LogP contribution in [0.15, 0.2) is 33.9 Å². The second-order valence-electron chi connectivity index (χ2n) is 8.70. The van der Waals surface area contributed by atoms with Crippen molar-refractivity contribution in [3.8, 4) is 11.6 Å². The van der Waals surface area contributed by atoms with Crippen molar-refractivity contribution in [3.05, 3.63) is 30.2 Å². The van der Waals surface area contributed by atoms with Crippen molar-refractivity contribution < 1.29 is 4.52 Å². The van der Waals surface area contributed by atoms with Crippen LogP contribution < -0.4 is 10.6 Å². The van der Waals surface area contributed by atoms with Gasteiger partial charge in [0.05, 0.1) is 0 Å². The molecule has 1 aliphatic heterocycles. The summed E-state index contributed by atoms with van der Waals surface area (Å²) in [5.74, 6) is 2.90. The second-order valence-corrected chi connectivity index (χ2v) is 8.70. The standard InChI is InChI=1S/C23H35N7O/c1-24-23(26-14-10-21-28-22(31-29-21)20-9-5-6-13-25-20)27-19-11-15-30(16-12-19)17-18-7-3-2-4-8-18/h5-6,9,13,18-19H,2-4,7-8,10-12,14-17H2,1H3,(H2,24,26,27). The van der Waals surface area contributed by atoms with Crippen molar-refractivity contribution in [3.63, 3.8) is 0 Å². The number of piperidine rings is 1. The fourth-order valence-corrected chi connectivity index (χ4v) is 4.62. The normalized spacial score (nSPS) is 19.5. The van der Waals surface area contributed by atoms with E-state index in [9.17, 15) is 0 Å². The lowest BCUT2D eigenvalue weighted by molar-refractivity contribution is 0.160. The molecule has 0 spiro atoms. The van der Waals surface area contributed by atoms with Crippen molar-refractivity contribution in [1.82, 2.24) is 30.7 Å². The van der Waals surface area contributed by atoms with Crippen molar-refractivity contribution >= 4 is 5.96 Å². The Kier molecular flexibility index (Phi) is 7.87. The summed E-state index contributed by atoms with van der Waals surface area (Å²) in [4.78, 5) is 15.7. The molecule has 2 aromatic heterocycles. The van der Waals surface area contributed by atoms with E-state index in [0.717, 1.165) is 11.9 Å². The number of rotatable bonds is 7. The van der Waals surface area contributed by atoms with E-state index in [2.05, 4.69) is 35.7 Å². The summed E-state index contributed by atoms with van der Waals surface area (Å²) in [5.41, 5.74) is 0.696. The molecule has 168 valence electrons. The van der Waals surface area contributed by atoms with Crippen molar-refractivity contribution in [2.45, 2.75) is 57.4 Å². The van der Waals surface area contributed by atoms with Crippen molar-refractivity contribution in [2.24, 2.45) is 10.9 Å². The van der Waals surface area contributed by atoms with Crippen molar-refractivity contribution in [1.29, 1.82) is 0 Å². The van der Waals surface area contributed by atoms with Gasteiger partial charge in [-0.25, -0.2) is 0 Å². The quantitative estimate of drug-likeness (QED) is 0.521. The van der Waals surface area contributed by atoms with Crippen molar-refractivity contribution in [2.75, 3.05) is 33.2 Å². The molecule has 31 heavy (non-hydrogen) atoms. The number of guanidine groups is 1. The third kappa shape index (κ3) is 6.50.